The van der Waals surface area contributed by atoms with Crippen LogP contribution in [0.1, 0.15) is 51.5 Å². The summed E-state index contributed by atoms with van der Waals surface area (Å²) in [5.74, 6) is 0.550. The van der Waals surface area contributed by atoms with Crippen molar-refractivity contribution < 1.29 is 13.9 Å². The first kappa shape index (κ1) is 26.6. The fourth-order valence-electron chi connectivity index (χ4n) is 6.23. The number of fused-ring (bicyclic) bond motifs is 1. The van der Waals surface area contributed by atoms with Crippen molar-refractivity contribution in [1.29, 1.82) is 0 Å². The highest BCUT2D eigenvalue weighted by Gasteiger charge is 2.43. The van der Waals surface area contributed by atoms with Crippen molar-refractivity contribution >= 4 is 17.5 Å². The van der Waals surface area contributed by atoms with Crippen LogP contribution in [0.5, 0.6) is 5.75 Å². The topological polar surface area (TPSA) is 124 Å². The molecule has 2 aromatic heterocycles. The van der Waals surface area contributed by atoms with E-state index in [1.807, 2.05) is 6.92 Å². The predicted octanol–water partition coefficient (Wildman–Crippen LogP) is 2.93. The van der Waals surface area contributed by atoms with Crippen LogP contribution in [-0.2, 0) is 11.8 Å². The van der Waals surface area contributed by atoms with E-state index in [-0.39, 0.29) is 40.8 Å². The Hall–Kier alpha value is -3.58. The Balaban J connectivity index is 1.27. The molecule has 5 heterocycles. The molecule has 40 heavy (non-hydrogen) atoms. The number of halogens is 1. The number of anilines is 3. The van der Waals surface area contributed by atoms with Crippen LogP contribution in [0, 0.1) is 12.7 Å². The summed E-state index contributed by atoms with van der Waals surface area (Å²) in [5.41, 5.74) is 0.875. The maximum absolute atomic E-state index is 15.4. The van der Waals surface area contributed by atoms with E-state index in [9.17, 15) is 4.79 Å². The highest BCUT2D eigenvalue weighted by Crippen LogP contribution is 2.39. The van der Waals surface area contributed by atoms with Crippen molar-refractivity contribution in [2.24, 2.45) is 7.05 Å². The molecule has 3 aliphatic heterocycles. The van der Waals surface area contributed by atoms with E-state index >= 15 is 4.39 Å². The summed E-state index contributed by atoms with van der Waals surface area (Å²) >= 11 is 0. The molecule has 214 valence electrons. The van der Waals surface area contributed by atoms with Crippen molar-refractivity contribution in [3.63, 3.8) is 0 Å². The Morgan fingerprint density at radius 1 is 1.23 bits per heavy atom. The van der Waals surface area contributed by atoms with E-state index in [0.29, 0.717) is 25.7 Å². The van der Waals surface area contributed by atoms with Gasteiger partial charge in [0.2, 0.25) is 5.95 Å². The molecular formula is C27H36FN9O3. The molecule has 0 unspecified atom stereocenters. The lowest BCUT2D eigenvalue weighted by molar-refractivity contribution is 0.0501. The van der Waals surface area contributed by atoms with E-state index < -0.39 is 11.5 Å². The van der Waals surface area contributed by atoms with Gasteiger partial charge >= 0.3 is 5.69 Å². The third-order valence-electron chi connectivity index (χ3n) is 8.20. The maximum atomic E-state index is 15.4. The molecule has 6 rings (SSSR count). The van der Waals surface area contributed by atoms with Gasteiger partial charge in [0.05, 0.1) is 18.9 Å². The van der Waals surface area contributed by atoms with Crippen LogP contribution in [0.3, 0.4) is 0 Å². The minimum absolute atomic E-state index is 0.0813. The normalized spacial score (nSPS) is 24.2. The molecule has 3 atom stereocenters. The number of nitrogens with zero attached hydrogens (tertiary/aromatic N) is 7. The lowest BCUT2D eigenvalue weighted by atomic mass is 9.84. The smallest absolute Gasteiger partial charge is 0.368 e. The van der Waals surface area contributed by atoms with Gasteiger partial charge in [-0.1, -0.05) is 0 Å². The van der Waals surface area contributed by atoms with Gasteiger partial charge in [-0.15, -0.1) is 0 Å². The first-order valence-corrected chi connectivity index (χ1v) is 13.9. The Kier molecular flexibility index (Phi) is 6.95. The highest BCUT2D eigenvalue weighted by atomic mass is 19.1. The van der Waals surface area contributed by atoms with Gasteiger partial charge in [0.15, 0.2) is 5.82 Å². The number of hydrogen-bond acceptors (Lipinski definition) is 10. The first-order chi connectivity index (χ1) is 19.2. The molecule has 0 aliphatic carbocycles. The molecule has 12 nitrogen and oxygen atoms in total. The number of ether oxygens (including phenoxy) is 2. The lowest BCUT2D eigenvalue weighted by Gasteiger charge is -2.48. The monoisotopic (exact) mass is 553 g/mol. The standard InChI is InChI=1S/C27H36FN9O3/c1-16-14-29-25(32-24(16)30-17-10-18-6-5-8-36(18)27(2,3)13-17)31-21-12-22(37-26(38)35(4)33-34-37)23(11-20(21)28)40-19-7-9-39-15-19/h11-12,14,17-19H,5-10,13,15H2,1-4H3,(H2,29,30,31,32)/t17-,18+,19+/m1/s1. The number of hydrogen-bond donors (Lipinski definition) is 2. The molecule has 0 saturated carbocycles. The molecule has 1 aromatic carbocycles. The SMILES string of the molecule is Cc1cnc(Nc2cc(-n3nnn(C)c3=O)c(O[C@H]3CCOC3)cc2F)nc1N[C@@H]1C[C@@H]2CCCN2C(C)(C)C1. The first-order valence-electron chi connectivity index (χ1n) is 13.9. The lowest BCUT2D eigenvalue weighted by Crippen LogP contribution is -2.55. The number of piperidine rings is 1. The molecule has 3 aromatic rings. The van der Waals surface area contributed by atoms with Crippen molar-refractivity contribution in [2.45, 2.75) is 76.6 Å². The number of rotatable bonds is 7. The third kappa shape index (κ3) is 5.15. The van der Waals surface area contributed by atoms with Crippen LogP contribution < -0.4 is 21.1 Å². The van der Waals surface area contributed by atoms with Crippen molar-refractivity contribution in [3.05, 3.63) is 40.2 Å². The molecule has 3 aliphatic rings. The molecule has 3 saturated heterocycles. The van der Waals surface area contributed by atoms with Crippen molar-refractivity contribution in [3.8, 4) is 11.4 Å². The van der Waals surface area contributed by atoms with Gasteiger partial charge in [-0.2, -0.15) is 14.3 Å². The van der Waals surface area contributed by atoms with Crippen LogP contribution >= 0.6 is 0 Å². The van der Waals surface area contributed by atoms with Gasteiger partial charge in [0.1, 0.15) is 23.4 Å². The summed E-state index contributed by atoms with van der Waals surface area (Å²) in [6.07, 6.45) is 6.67. The van der Waals surface area contributed by atoms with Crippen LogP contribution in [-0.4, -0.2) is 78.1 Å². The Bertz CT molecular complexity index is 1450. The Labute approximate surface area is 231 Å². The predicted molar refractivity (Wildman–Crippen MR) is 147 cm³/mol. The molecule has 0 spiro atoms. The number of tetrazole rings is 1. The highest BCUT2D eigenvalue weighted by molar-refractivity contribution is 5.64. The summed E-state index contributed by atoms with van der Waals surface area (Å²) in [6.45, 7) is 8.70. The minimum atomic E-state index is -0.580. The zero-order valence-electron chi connectivity index (χ0n) is 23.4. The van der Waals surface area contributed by atoms with Crippen molar-refractivity contribution in [2.75, 3.05) is 30.4 Å². The zero-order valence-corrected chi connectivity index (χ0v) is 23.4. The second kappa shape index (κ2) is 10.4. The Morgan fingerprint density at radius 2 is 2.08 bits per heavy atom. The molecule has 0 amide bonds. The van der Waals surface area contributed by atoms with E-state index in [1.54, 1.807) is 6.20 Å². The van der Waals surface area contributed by atoms with Gasteiger partial charge in [0.25, 0.3) is 0 Å². The third-order valence-corrected chi connectivity index (χ3v) is 8.20. The van der Waals surface area contributed by atoms with Crippen LogP contribution in [0.25, 0.3) is 5.69 Å². The number of aryl methyl sites for hydroxylation is 2. The molecule has 2 N–H and O–H groups in total. The van der Waals surface area contributed by atoms with Gasteiger partial charge in [-0.25, -0.2) is 14.2 Å². The van der Waals surface area contributed by atoms with E-state index in [1.165, 1.54) is 32.0 Å². The summed E-state index contributed by atoms with van der Waals surface area (Å²) in [4.78, 5) is 24.4. The number of aromatic nitrogens is 6. The van der Waals surface area contributed by atoms with Crippen LogP contribution in [0.2, 0.25) is 0 Å². The molecule has 13 heteroatoms. The van der Waals surface area contributed by atoms with E-state index in [4.69, 9.17) is 14.5 Å². The van der Waals surface area contributed by atoms with Crippen molar-refractivity contribution in [1.82, 2.24) is 34.7 Å². The quantitative estimate of drug-likeness (QED) is 0.451. The Morgan fingerprint density at radius 3 is 2.83 bits per heavy atom. The van der Waals surface area contributed by atoms with Gasteiger partial charge in [0, 0.05) is 48.9 Å². The second-order valence-electron chi connectivity index (χ2n) is 11.6. The fraction of sp³-hybridized carbons (Fsp3) is 0.593. The largest absolute Gasteiger partial charge is 0.486 e. The number of benzene rings is 1. The average Bonchev–Trinajstić information content (AvgIpc) is 3.66. The van der Waals surface area contributed by atoms with Crippen LogP contribution in [0.4, 0.5) is 21.8 Å². The summed E-state index contributed by atoms with van der Waals surface area (Å²) in [6, 6.07) is 3.56. The second-order valence-corrected chi connectivity index (χ2v) is 11.6. The maximum Gasteiger partial charge on any atom is 0.368 e. The van der Waals surface area contributed by atoms with Crippen LogP contribution in [0.15, 0.2) is 23.1 Å². The zero-order chi connectivity index (χ0) is 28.0. The summed E-state index contributed by atoms with van der Waals surface area (Å²) < 4.78 is 29.0. The average molecular weight is 554 g/mol. The molecule has 0 bridgehead atoms. The van der Waals surface area contributed by atoms with E-state index in [2.05, 4.69) is 44.8 Å². The molecule has 3 fully saturated rings. The minimum Gasteiger partial charge on any atom is -0.486 e. The van der Waals surface area contributed by atoms with Gasteiger partial charge in [-0.3, -0.25) is 4.90 Å². The number of nitrogens with one attached hydrogen (secondary N) is 2. The van der Waals surface area contributed by atoms with Gasteiger partial charge < -0.3 is 20.1 Å². The fourth-order valence-corrected chi connectivity index (χ4v) is 6.23. The molecule has 0 radical (unpaired) electrons. The van der Waals surface area contributed by atoms with Gasteiger partial charge in [-0.05, 0) is 69.5 Å². The summed E-state index contributed by atoms with van der Waals surface area (Å²) in [7, 11) is 1.49. The molecular weight excluding hydrogens is 517 g/mol. The van der Waals surface area contributed by atoms with E-state index in [0.717, 1.165) is 40.1 Å². The summed E-state index contributed by atoms with van der Waals surface area (Å²) in [5, 5.41) is 14.4.